The summed E-state index contributed by atoms with van der Waals surface area (Å²) < 4.78 is 13.2. The summed E-state index contributed by atoms with van der Waals surface area (Å²) in [5.41, 5.74) is 0. The number of hydrogen-bond acceptors (Lipinski definition) is 3. The molecular formula is C2H7Na2O5P. The van der Waals surface area contributed by atoms with Gasteiger partial charge in [-0.15, -0.1) is 0 Å². The number of phosphoric acid groups is 1. The van der Waals surface area contributed by atoms with Crippen molar-refractivity contribution in [2.24, 2.45) is 0 Å². The molecule has 0 bridgehead atoms. The Morgan fingerprint density at radius 1 is 1.40 bits per heavy atom. The Balaban J connectivity index is -0.000000245. The second-order valence-electron chi connectivity index (χ2n) is 1.07. The molecule has 0 aromatic rings. The zero-order chi connectivity index (χ0) is 6.78. The van der Waals surface area contributed by atoms with Crippen LogP contribution in [0.15, 0.2) is 0 Å². The van der Waals surface area contributed by atoms with Crippen LogP contribution in [0.3, 0.4) is 0 Å². The molecule has 0 unspecified atom stereocenters. The first kappa shape index (κ1) is 17.6. The van der Waals surface area contributed by atoms with E-state index in [2.05, 4.69) is 4.52 Å². The van der Waals surface area contributed by atoms with E-state index in [-0.39, 0.29) is 59.1 Å². The van der Waals surface area contributed by atoms with E-state index >= 15 is 0 Å². The Morgan fingerprint density at radius 2 is 1.70 bits per heavy atom. The third-order valence-corrected chi connectivity index (χ3v) is 0.742. The molecule has 0 spiro atoms. The van der Waals surface area contributed by atoms with Crippen LogP contribution in [-0.4, -0.2) is 74.9 Å². The summed E-state index contributed by atoms with van der Waals surface area (Å²) in [4.78, 5) is 25.5. The van der Waals surface area contributed by atoms with E-state index in [4.69, 9.17) is 9.79 Å². The third kappa shape index (κ3) is 16.3. The van der Waals surface area contributed by atoms with Crippen LogP contribution in [0.25, 0.3) is 0 Å². The summed E-state index contributed by atoms with van der Waals surface area (Å²) in [6, 6.07) is 0. The predicted octanol–water partition coefficient (Wildman–Crippen LogP) is -1.65. The first-order valence-electron chi connectivity index (χ1n) is 1.67. The normalized spacial score (nSPS) is 8.70. The maximum absolute atomic E-state index is 9.74. The Bertz CT molecular complexity index is 141. The molecule has 0 saturated carbocycles. The van der Waals surface area contributed by atoms with Gasteiger partial charge in [0.1, 0.15) is 0 Å². The van der Waals surface area contributed by atoms with Gasteiger partial charge in [0.2, 0.25) is 0 Å². The molecule has 0 fully saturated rings. The van der Waals surface area contributed by atoms with Gasteiger partial charge in [-0.3, -0.25) is 14.6 Å². The molecular weight excluding hydrogens is 181 g/mol. The fourth-order valence-corrected chi connectivity index (χ4v) is 0.502. The first-order valence-corrected chi connectivity index (χ1v) is 3.20. The van der Waals surface area contributed by atoms with Crippen molar-refractivity contribution in [1.29, 1.82) is 0 Å². The number of hydrogen-bond donors (Lipinski definition) is 2. The topological polar surface area (TPSA) is 83.8 Å². The zero-order valence-corrected chi connectivity index (χ0v) is 4.96. The van der Waals surface area contributed by atoms with Crippen molar-refractivity contribution in [1.82, 2.24) is 0 Å². The molecule has 0 aliphatic heterocycles. The van der Waals surface area contributed by atoms with Crippen molar-refractivity contribution in [2.75, 3.05) is 0 Å². The molecule has 8 heteroatoms. The second kappa shape index (κ2) is 7.28. The molecule has 52 valence electrons. The molecule has 0 atom stereocenters. The maximum atomic E-state index is 9.74. The minimum absolute atomic E-state index is 0. The summed E-state index contributed by atoms with van der Waals surface area (Å²) in [5, 5.41) is 0. The van der Waals surface area contributed by atoms with Crippen LogP contribution in [0.1, 0.15) is 6.92 Å². The van der Waals surface area contributed by atoms with E-state index in [0.717, 1.165) is 6.92 Å². The summed E-state index contributed by atoms with van der Waals surface area (Å²) in [6.45, 7) is 0.916. The van der Waals surface area contributed by atoms with E-state index in [0.29, 0.717) is 0 Å². The van der Waals surface area contributed by atoms with E-state index in [1.54, 1.807) is 0 Å². The molecule has 0 rings (SSSR count). The zero-order valence-electron chi connectivity index (χ0n) is 4.07. The molecule has 0 saturated heterocycles. The second-order valence-corrected chi connectivity index (χ2v) is 2.24. The standard InChI is InChI=1S/C2H5O5P.2Na.2H/c1-2(3)7-8(4,5)6;;;;/h1H3,(H2,4,5,6);;;;. The van der Waals surface area contributed by atoms with Crippen molar-refractivity contribution >= 4 is 72.9 Å². The van der Waals surface area contributed by atoms with Gasteiger partial charge in [0.15, 0.2) is 0 Å². The van der Waals surface area contributed by atoms with E-state index in [1.165, 1.54) is 0 Å². The van der Waals surface area contributed by atoms with E-state index in [9.17, 15) is 9.36 Å². The van der Waals surface area contributed by atoms with Crippen LogP contribution in [0.4, 0.5) is 0 Å². The minimum atomic E-state index is -4.57. The van der Waals surface area contributed by atoms with Crippen molar-refractivity contribution in [2.45, 2.75) is 6.92 Å². The molecule has 2 N–H and O–H groups in total. The van der Waals surface area contributed by atoms with Crippen LogP contribution >= 0.6 is 7.82 Å². The van der Waals surface area contributed by atoms with E-state index < -0.39 is 13.8 Å². The summed E-state index contributed by atoms with van der Waals surface area (Å²) in [6.07, 6.45) is 0. The molecule has 0 aromatic carbocycles. The molecule has 0 aliphatic carbocycles. The monoisotopic (exact) mass is 188 g/mol. The molecule has 0 heterocycles. The van der Waals surface area contributed by atoms with Gasteiger partial charge in [-0.2, -0.15) is 0 Å². The summed E-state index contributed by atoms with van der Waals surface area (Å²) in [5.74, 6) is -0.988. The Kier molecular flexibility index (Phi) is 12.8. The molecule has 10 heavy (non-hydrogen) atoms. The van der Waals surface area contributed by atoms with Crippen LogP contribution in [-0.2, 0) is 13.9 Å². The quantitative estimate of drug-likeness (QED) is 0.380. The molecule has 5 nitrogen and oxygen atoms in total. The van der Waals surface area contributed by atoms with Crippen LogP contribution in [0.2, 0.25) is 0 Å². The molecule has 0 aromatic heterocycles. The fourth-order valence-electron chi connectivity index (χ4n) is 0.167. The number of rotatable bonds is 1. The van der Waals surface area contributed by atoms with Gasteiger partial charge in [-0.1, -0.05) is 0 Å². The fraction of sp³-hybridized carbons (Fsp3) is 0.500. The van der Waals surface area contributed by atoms with Gasteiger partial charge < -0.3 is 4.52 Å². The Hall–Kier alpha value is 1.62. The molecule has 0 radical (unpaired) electrons. The van der Waals surface area contributed by atoms with Crippen molar-refractivity contribution < 1.29 is 23.7 Å². The van der Waals surface area contributed by atoms with Crippen molar-refractivity contribution in [3.8, 4) is 0 Å². The molecule has 0 aliphatic rings. The van der Waals surface area contributed by atoms with Gasteiger partial charge in [0.05, 0.1) is 0 Å². The number of carbonyl (C=O) groups is 1. The first-order chi connectivity index (χ1) is 3.42. The van der Waals surface area contributed by atoms with Gasteiger partial charge >= 0.3 is 72.9 Å². The molecule has 0 amide bonds. The van der Waals surface area contributed by atoms with Crippen LogP contribution in [0, 0.1) is 0 Å². The summed E-state index contributed by atoms with van der Waals surface area (Å²) in [7, 11) is -4.57. The van der Waals surface area contributed by atoms with E-state index in [1.807, 2.05) is 0 Å². The number of carbonyl (C=O) groups excluding carboxylic acids is 1. The number of phosphoric ester groups is 1. The average molecular weight is 188 g/mol. The van der Waals surface area contributed by atoms with Crippen LogP contribution in [0.5, 0.6) is 0 Å². The average Bonchev–Trinajstić information content (AvgIpc) is 1.21. The van der Waals surface area contributed by atoms with Gasteiger partial charge in [-0.25, -0.2) is 4.57 Å². The van der Waals surface area contributed by atoms with Gasteiger partial charge in [-0.05, 0) is 0 Å². The van der Waals surface area contributed by atoms with Crippen molar-refractivity contribution in [3.63, 3.8) is 0 Å². The SMILES string of the molecule is CC(=O)OP(=O)(O)O.[NaH].[NaH]. The van der Waals surface area contributed by atoms with Crippen molar-refractivity contribution in [3.05, 3.63) is 0 Å². The Morgan fingerprint density at radius 3 is 1.70 bits per heavy atom. The Labute approximate surface area is 102 Å². The van der Waals surface area contributed by atoms with Gasteiger partial charge in [0, 0.05) is 6.92 Å². The van der Waals surface area contributed by atoms with Crippen LogP contribution < -0.4 is 0 Å². The van der Waals surface area contributed by atoms with Gasteiger partial charge in [0.25, 0.3) is 0 Å². The summed E-state index contributed by atoms with van der Waals surface area (Å²) >= 11 is 0. The third-order valence-electron chi connectivity index (χ3n) is 0.247. The predicted molar refractivity (Wildman–Crippen MR) is 38.1 cm³/mol.